The summed E-state index contributed by atoms with van der Waals surface area (Å²) >= 11 is 0. The second kappa shape index (κ2) is 9.18. The molecular formula is C23H34N2O4S. The van der Waals surface area contributed by atoms with Gasteiger partial charge in [0.1, 0.15) is 0 Å². The fourth-order valence-electron chi connectivity index (χ4n) is 4.20. The third-order valence-electron chi connectivity index (χ3n) is 6.61. The largest absolute Gasteiger partial charge is 0.384 e. The normalized spacial score (nSPS) is 21.5. The molecule has 0 bridgehead atoms. The van der Waals surface area contributed by atoms with E-state index in [1.165, 1.54) is 5.56 Å². The number of ether oxygens (including phenoxy) is 1. The average molecular weight is 435 g/mol. The Bertz CT molecular complexity index is 890. The zero-order valence-corrected chi connectivity index (χ0v) is 19.4. The fraction of sp³-hybridized carbons (Fsp3) is 0.652. The Morgan fingerprint density at radius 3 is 2.33 bits per heavy atom. The fourth-order valence-corrected chi connectivity index (χ4v) is 5.95. The highest BCUT2D eigenvalue weighted by Gasteiger charge is 2.52. The number of hydrogen-bond acceptors (Lipinski definition) is 4. The van der Waals surface area contributed by atoms with Crippen molar-refractivity contribution in [2.45, 2.75) is 57.1 Å². The summed E-state index contributed by atoms with van der Waals surface area (Å²) in [5.41, 5.74) is 1.78. The molecule has 1 aliphatic heterocycles. The molecule has 0 N–H and O–H groups in total. The highest BCUT2D eigenvalue weighted by Crippen LogP contribution is 2.47. The number of carbonyl (C=O) groups excluding carboxylic acids is 2. The van der Waals surface area contributed by atoms with Gasteiger partial charge in [-0.05, 0) is 50.2 Å². The molecule has 0 spiro atoms. The molecule has 166 valence electrons. The molecule has 2 unspecified atom stereocenters. The van der Waals surface area contributed by atoms with Crippen LogP contribution in [0.1, 0.15) is 56.6 Å². The summed E-state index contributed by atoms with van der Waals surface area (Å²) in [7, 11) is -1.04. The number of hydrogen-bond donors (Lipinski definition) is 0. The standard InChI is InChI=1S/C23H34N2O4S/c1-5-18-6-8-19(9-7-18)17(2)21(26)24-30(4,28)20-10-14-25(15-11-20)22(27)23(12-13-23)16-29-3/h6-9,17,20H,5,10-16H2,1-4H3. The van der Waals surface area contributed by atoms with Gasteiger partial charge >= 0.3 is 0 Å². The molecule has 2 aliphatic rings. The molecule has 1 saturated heterocycles. The van der Waals surface area contributed by atoms with Crippen LogP contribution in [0.5, 0.6) is 0 Å². The van der Waals surface area contributed by atoms with Crippen LogP contribution >= 0.6 is 0 Å². The van der Waals surface area contributed by atoms with Gasteiger partial charge in [-0.1, -0.05) is 31.2 Å². The Morgan fingerprint density at radius 1 is 1.23 bits per heavy atom. The van der Waals surface area contributed by atoms with Crippen LogP contribution in [0.25, 0.3) is 0 Å². The molecule has 2 atom stereocenters. The summed E-state index contributed by atoms with van der Waals surface area (Å²) in [5, 5.41) is -0.169. The van der Waals surface area contributed by atoms with Gasteiger partial charge in [0.25, 0.3) is 5.91 Å². The van der Waals surface area contributed by atoms with Gasteiger partial charge in [0.15, 0.2) is 0 Å². The summed E-state index contributed by atoms with van der Waals surface area (Å²) in [6.45, 7) is 5.51. The van der Waals surface area contributed by atoms with Gasteiger partial charge in [-0.25, -0.2) is 4.21 Å². The molecule has 2 fully saturated rings. The van der Waals surface area contributed by atoms with Crippen molar-refractivity contribution in [3.63, 3.8) is 0 Å². The lowest BCUT2D eigenvalue weighted by Crippen LogP contribution is -2.46. The smallest absolute Gasteiger partial charge is 0.261 e. The van der Waals surface area contributed by atoms with Crippen LogP contribution in [0.4, 0.5) is 0 Å². The molecular weight excluding hydrogens is 400 g/mol. The molecule has 3 rings (SSSR count). The third kappa shape index (κ3) is 4.94. The minimum atomic E-state index is -2.66. The zero-order chi connectivity index (χ0) is 21.9. The zero-order valence-electron chi connectivity index (χ0n) is 18.6. The monoisotopic (exact) mass is 434 g/mol. The van der Waals surface area contributed by atoms with Crippen LogP contribution in [0.15, 0.2) is 28.6 Å². The maximum atomic E-state index is 13.3. The van der Waals surface area contributed by atoms with Crippen LogP contribution in [0, 0.1) is 5.41 Å². The van der Waals surface area contributed by atoms with Crippen molar-refractivity contribution in [2.75, 3.05) is 33.1 Å². The Balaban J connectivity index is 1.62. The first-order valence-corrected chi connectivity index (χ1v) is 12.8. The predicted molar refractivity (Wildman–Crippen MR) is 119 cm³/mol. The van der Waals surface area contributed by atoms with E-state index in [9.17, 15) is 13.8 Å². The van der Waals surface area contributed by atoms with Crippen LogP contribution in [-0.4, -0.2) is 59.2 Å². The number of nitrogens with zero attached hydrogens (tertiary/aromatic N) is 2. The van der Waals surface area contributed by atoms with Crippen molar-refractivity contribution in [2.24, 2.45) is 9.78 Å². The average Bonchev–Trinajstić information content (AvgIpc) is 3.53. The summed E-state index contributed by atoms with van der Waals surface area (Å²) in [6, 6.07) is 7.94. The number of aryl methyl sites for hydroxylation is 1. The van der Waals surface area contributed by atoms with Gasteiger partial charge in [-0.3, -0.25) is 9.59 Å². The first-order chi connectivity index (χ1) is 14.2. The van der Waals surface area contributed by atoms with Crippen LogP contribution in [-0.2, 0) is 30.5 Å². The number of piperidine rings is 1. The summed E-state index contributed by atoms with van der Waals surface area (Å²) in [5.74, 6) is -0.591. The van der Waals surface area contributed by atoms with Crippen molar-refractivity contribution in [3.8, 4) is 0 Å². The Labute approximate surface area is 180 Å². The number of methoxy groups -OCH3 is 1. The highest BCUT2D eigenvalue weighted by molar-refractivity contribution is 7.93. The number of rotatable bonds is 7. The first-order valence-electron chi connectivity index (χ1n) is 10.8. The van der Waals surface area contributed by atoms with E-state index in [4.69, 9.17) is 4.74 Å². The van der Waals surface area contributed by atoms with Gasteiger partial charge < -0.3 is 9.64 Å². The van der Waals surface area contributed by atoms with Crippen LogP contribution < -0.4 is 0 Å². The van der Waals surface area contributed by atoms with E-state index in [1.807, 2.05) is 36.1 Å². The van der Waals surface area contributed by atoms with E-state index < -0.39 is 15.6 Å². The van der Waals surface area contributed by atoms with E-state index in [-0.39, 0.29) is 22.5 Å². The number of benzene rings is 1. The summed E-state index contributed by atoms with van der Waals surface area (Å²) in [6.07, 6.45) is 5.52. The van der Waals surface area contributed by atoms with Crippen molar-refractivity contribution in [1.82, 2.24) is 4.90 Å². The molecule has 1 aromatic rings. The van der Waals surface area contributed by atoms with Crippen LogP contribution in [0.2, 0.25) is 0 Å². The van der Waals surface area contributed by atoms with Gasteiger partial charge in [-0.15, -0.1) is 0 Å². The number of carbonyl (C=O) groups is 2. The Morgan fingerprint density at radius 2 is 1.83 bits per heavy atom. The lowest BCUT2D eigenvalue weighted by molar-refractivity contribution is -0.139. The second-order valence-corrected chi connectivity index (χ2v) is 11.4. The number of likely N-dealkylation sites (tertiary alicyclic amines) is 1. The molecule has 7 heteroatoms. The summed E-state index contributed by atoms with van der Waals surface area (Å²) in [4.78, 5) is 27.4. The van der Waals surface area contributed by atoms with Crippen molar-refractivity contribution in [1.29, 1.82) is 0 Å². The van der Waals surface area contributed by atoms with E-state index in [0.717, 1.165) is 24.8 Å². The second-order valence-electron chi connectivity index (χ2n) is 8.81. The summed E-state index contributed by atoms with van der Waals surface area (Å²) < 4.78 is 22.7. The Kier molecular flexibility index (Phi) is 7.02. The Hall–Kier alpha value is -1.73. The molecule has 0 aromatic heterocycles. The molecule has 1 heterocycles. The lowest BCUT2D eigenvalue weighted by atomic mass is 9.99. The maximum Gasteiger partial charge on any atom is 0.261 e. The SMILES string of the molecule is CCc1ccc(C(C)C(=O)N=S(C)(=O)C2CCN(C(=O)C3(COC)CC3)CC2)cc1. The quantitative estimate of drug-likeness (QED) is 0.659. The minimum Gasteiger partial charge on any atom is -0.384 e. The molecule has 1 aliphatic carbocycles. The molecule has 6 nitrogen and oxygen atoms in total. The lowest BCUT2D eigenvalue weighted by Gasteiger charge is -2.34. The maximum absolute atomic E-state index is 13.3. The number of amides is 2. The van der Waals surface area contributed by atoms with Crippen molar-refractivity contribution < 1.29 is 18.5 Å². The van der Waals surface area contributed by atoms with E-state index in [0.29, 0.717) is 32.5 Å². The molecule has 1 saturated carbocycles. The predicted octanol–water partition coefficient (Wildman–Crippen LogP) is 3.39. The van der Waals surface area contributed by atoms with Crippen molar-refractivity contribution >= 4 is 21.5 Å². The van der Waals surface area contributed by atoms with Gasteiger partial charge in [-0.2, -0.15) is 4.36 Å². The van der Waals surface area contributed by atoms with Gasteiger partial charge in [0.2, 0.25) is 5.91 Å². The third-order valence-corrected chi connectivity index (χ3v) is 8.86. The van der Waals surface area contributed by atoms with E-state index in [1.54, 1.807) is 13.4 Å². The van der Waals surface area contributed by atoms with Crippen LogP contribution in [0.3, 0.4) is 0 Å². The van der Waals surface area contributed by atoms with Gasteiger partial charge in [0.05, 0.1) is 27.7 Å². The van der Waals surface area contributed by atoms with Crippen molar-refractivity contribution in [3.05, 3.63) is 35.4 Å². The van der Waals surface area contributed by atoms with E-state index >= 15 is 0 Å². The molecule has 2 amide bonds. The molecule has 1 aromatic carbocycles. The first kappa shape index (κ1) is 22.9. The highest BCUT2D eigenvalue weighted by atomic mass is 32.2. The molecule has 0 radical (unpaired) electrons. The topological polar surface area (TPSA) is 76.0 Å². The minimum absolute atomic E-state index is 0.155. The van der Waals surface area contributed by atoms with Gasteiger partial charge in [0, 0.05) is 31.7 Å². The molecule has 30 heavy (non-hydrogen) atoms. The van der Waals surface area contributed by atoms with E-state index in [2.05, 4.69) is 11.3 Å².